The van der Waals surface area contributed by atoms with Crippen molar-refractivity contribution in [1.82, 2.24) is 10.3 Å². The van der Waals surface area contributed by atoms with Crippen molar-refractivity contribution < 1.29 is 0 Å². The molecule has 2 nitrogen and oxygen atoms in total. The van der Waals surface area contributed by atoms with E-state index in [0.717, 1.165) is 5.92 Å². The van der Waals surface area contributed by atoms with E-state index in [1.54, 1.807) is 6.20 Å². The summed E-state index contributed by atoms with van der Waals surface area (Å²) in [5.74, 6) is 0.828. The van der Waals surface area contributed by atoms with E-state index in [9.17, 15) is 0 Å². The molecule has 0 radical (unpaired) electrons. The van der Waals surface area contributed by atoms with Crippen molar-refractivity contribution in [3.05, 3.63) is 29.0 Å². The second kappa shape index (κ2) is 3.87. The van der Waals surface area contributed by atoms with Gasteiger partial charge in [0, 0.05) is 18.3 Å². The molecule has 76 valence electrons. The van der Waals surface area contributed by atoms with Crippen molar-refractivity contribution in [3.63, 3.8) is 0 Å². The van der Waals surface area contributed by atoms with Crippen LogP contribution in [0.3, 0.4) is 0 Å². The minimum Gasteiger partial charge on any atom is -0.307 e. The lowest BCUT2D eigenvalue weighted by Crippen LogP contribution is -2.22. The Hall–Kier alpha value is -0.600. The van der Waals surface area contributed by atoms with E-state index < -0.39 is 0 Å². The highest BCUT2D eigenvalue weighted by molar-refractivity contribution is 6.29. The maximum Gasteiger partial charge on any atom is 0.129 e. The molecule has 1 aromatic heterocycles. The van der Waals surface area contributed by atoms with Crippen molar-refractivity contribution in [3.8, 4) is 0 Å². The zero-order valence-electron chi connectivity index (χ0n) is 8.50. The monoisotopic (exact) mass is 210 g/mol. The predicted octanol–water partition coefficient (Wildman–Crippen LogP) is 2.79. The van der Waals surface area contributed by atoms with Crippen LogP contribution in [0, 0.1) is 5.92 Å². The van der Waals surface area contributed by atoms with Gasteiger partial charge in [-0.2, -0.15) is 0 Å². The van der Waals surface area contributed by atoms with Gasteiger partial charge < -0.3 is 5.32 Å². The summed E-state index contributed by atoms with van der Waals surface area (Å²) in [6, 6.07) is 4.99. The maximum absolute atomic E-state index is 5.83. The molecule has 3 unspecified atom stereocenters. The zero-order valence-corrected chi connectivity index (χ0v) is 9.25. The van der Waals surface area contributed by atoms with Gasteiger partial charge in [0.15, 0.2) is 0 Å². The SMILES string of the molecule is CC(NC1CC1C)c1ccnc(Cl)c1. The van der Waals surface area contributed by atoms with Gasteiger partial charge in [-0.15, -0.1) is 0 Å². The predicted molar refractivity (Wildman–Crippen MR) is 58.4 cm³/mol. The molecule has 1 aromatic rings. The Morgan fingerprint density at radius 2 is 2.36 bits per heavy atom. The molecule has 1 heterocycles. The number of hydrogen-bond donors (Lipinski definition) is 1. The molecule has 0 bridgehead atoms. The van der Waals surface area contributed by atoms with Crippen molar-refractivity contribution in [2.75, 3.05) is 0 Å². The van der Waals surface area contributed by atoms with Gasteiger partial charge in [-0.05, 0) is 37.0 Å². The first-order valence-electron chi connectivity index (χ1n) is 5.04. The minimum atomic E-state index is 0.366. The van der Waals surface area contributed by atoms with Crippen LogP contribution in [0.15, 0.2) is 18.3 Å². The van der Waals surface area contributed by atoms with Gasteiger partial charge in [-0.1, -0.05) is 18.5 Å². The average molecular weight is 211 g/mol. The first-order chi connectivity index (χ1) is 6.66. The summed E-state index contributed by atoms with van der Waals surface area (Å²) in [5.41, 5.74) is 1.21. The van der Waals surface area contributed by atoms with Crippen LogP contribution in [0.4, 0.5) is 0 Å². The molecule has 0 amide bonds. The molecule has 3 heteroatoms. The van der Waals surface area contributed by atoms with Gasteiger partial charge in [0.25, 0.3) is 0 Å². The number of halogens is 1. The smallest absolute Gasteiger partial charge is 0.129 e. The zero-order chi connectivity index (χ0) is 10.1. The Bertz CT molecular complexity index is 327. The van der Waals surface area contributed by atoms with Crippen LogP contribution >= 0.6 is 11.6 Å². The van der Waals surface area contributed by atoms with E-state index in [4.69, 9.17) is 11.6 Å². The summed E-state index contributed by atoms with van der Waals surface area (Å²) in [6.07, 6.45) is 3.05. The molecular weight excluding hydrogens is 196 g/mol. The van der Waals surface area contributed by atoms with Gasteiger partial charge in [-0.3, -0.25) is 0 Å². The first-order valence-corrected chi connectivity index (χ1v) is 5.42. The van der Waals surface area contributed by atoms with Crippen molar-refractivity contribution in [1.29, 1.82) is 0 Å². The lowest BCUT2D eigenvalue weighted by molar-refractivity contribution is 0.551. The third-order valence-electron chi connectivity index (χ3n) is 2.82. The van der Waals surface area contributed by atoms with Crippen LogP contribution in [-0.2, 0) is 0 Å². The van der Waals surface area contributed by atoms with E-state index in [-0.39, 0.29) is 0 Å². The van der Waals surface area contributed by atoms with Crippen LogP contribution < -0.4 is 5.32 Å². The minimum absolute atomic E-state index is 0.366. The Morgan fingerprint density at radius 1 is 1.64 bits per heavy atom. The number of hydrogen-bond acceptors (Lipinski definition) is 2. The van der Waals surface area contributed by atoms with Crippen LogP contribution in [0.2, 0.25) is 5.15 Å². The fraction of sp³-hybridized carbons (Fsp3) is 0.545. The molecule has 1 fully saturated rings. The summed E-state index contributed by atoms with van der Waals surface area (Å²) >= 11 is 5.83. The van der Waals surface area contributed by atoms with E-state index in [1.165, 1.54) is 12.0 Å². The molecule has 1 N–H and O–H groups in total. The first kappa shape index (κ1) is 9.94. The molecule has 0 aliphatic heterocycles. The normalized spacial score (nSPS) is 27.4. The molecule has 2 rings (SSSR count). The third kappa shape index (κ3) is 2.25. The highest BCUT2D eigenvalue weighted by Crippen LogP contribution is 2.31. The number of nitrogens with one attached hydrogen (secondary N) is 1. The Balaban J connectivity index is 2.00. The number of pyridine rings is 1. The highest BCUT2D eigenvalue weighted by atomic mass is 35.5. The Labute approximate surface area is 89.7 Å². The molecule has 14 heavy (non-hydrogen) atoms. The van der Waals surface area contributed by atoms with E-state index in [0.29, 0.717) is 17.2 Å². The molecule has 1 aliphatic carbocycles. The molecule has 3 atom stereocenters. The van der Waals surface area contributed by atoms with Crippen LogP contribution in [-0.4, -0.2) is 11.0 Å². The molecular formula is C11H15ClN2. The van der Waals surface area contributed by atoms with Gasteiger partial charge in [0.05, 0.1) is 0 Å². The molecule has 0 saturated heterocycles. The lowest BCUT2D eigenvalue weighted by atomic mass is 10.1. The van der Waals surface area contributed by atoms with Gasteiger partial charge in [0.1, 0.15) is 5.15 Å². The molecule has 1 aliphatic rings. The number of nitrogens with zero attached hydrogens (tertiary/aromatic N) is 1. The van der Waals surface area contributed by atoms with Crippen LogP contribution in [0.25, 0.3) is 0 Å². The van der Waals surface area contributed by atoms with Gasteiger partial charge in [0.2, 0.25) is 0 Å². The van der Waals surface area contributed by atoms with Crippen molar-refractivity contribution >= 4 is 11.6 Å². The van der Waals surface area contributed by atoms with E-state index >= 15 is 0 Å². The highest BCUT2D eigenvalue weighted by Gasteiger charge is 2.33. The quantitative estimate of drug-likeness (QED) is 0.777. The standard InChI is InChI=1S/C11H15ClN2/c1-7-5-10(7)14-8(2)9-3-4-13-11(12)6-9/h3-4,6-8,10,14H,5H2,1-2H3. The second-order valence-corrected chi connectivity index (χ2v) is 4.51. The number of rotatable bonds is 3. The molecule has 0 aromatic carbocycles. The summed E-state index contributed by atoms with van der Waals surface area (Å²) in [6.45, 7) is 4.43. The summed E-state index contributed by atoms with van der Waals surface area (Å²) < 4.78 is 0. The van der Waals surface area contributed by atoms with Crippen LogP contribution in [0.1, 0.15) is 31.9 Å². The van der Waals surface area contributed by atoms with E-state index in [1.807, 2.05) is 12.1 Å². The topological polar surface area (TPSA) is 24.9 Å². The Morgan fingerprint density at radius 3 is 2.93 bits per heavy atom. The fourth-order valence-corrected chi connectivity index (χ4v) is 1.84. The van der Waals surface area contributed by atoms with Gasteiger partial charge in [-0.25, -0.2) is 4.98 Å². The second-order valence-electron chi connectivity index (χ2n) is 4.12. The summed E-state index contributed by atoms with van der Waals surface area (Å²) in [4.78, 5) is 3.97. The van der Waals surface area contributed by atoms with Crippen molar-refractivity contribution in [2.45, 2.75) is 32.4 Å². The molecule has 1 saturated carbocycles. The number of aromatic nitrogens is 1. The summed E-state index contributed by atoms with van der Waals surface area (Å²) in [7, 11) is 0. The average Bonchev–Trinajstić information content (AvgIpc) is 2.81. The molecule has 0 spiro atoms. The third-order valence-corrected chi connectivity index (χ3v) is 3.03. The summed E-state index contributed by atoms with van der Waals surface area (Å²) in [5, 5.41) is 4.13. The van der Waals surface area contributed by atoms with Crippen LogP contribution in [0.5, 0.6) is 0 Å². The lowest BCUT2D eigenvalue weighted by Gasteiger charge is -2.13. The maximum atomic E-state index is 5.83. The van der Waals surface area contributed by atoms with Gasteiger partial charge >= 0.3 is 0 Å². The van der Waals surface area contributed by atoms with Crippen molar-refractivity contribution in [2.24, 2.45) is 5.92 Å². The van der Waals surface area contributed by atoms with E-state index in [2.05, 4.69) is 24.1 Å². The fourth-order valence-electron chi connectivity index (χ4n) is 1.66. The largest absolute Gasteiger partial charge is 0.307 e. The Kier molecular flexibility index (Phi) is 2.75.